The number of hydrogen-bond acceptors (Lipinski definition) is 7. The third-order valence-electron chi connectivity index (χ3n) is 2.50. The van der Waals surface area contributed by atoms with Gasteiger partial charge in [0.1, 0.15) is 11.4 Å². The lowest BCUT2D eigenvalue weighted by molar-refractivity contribution is -0.389. The molecular formula is C12H12N4O3S. The van der Waals surface area contributed by atoms with Crippen LogP contribution in [0.15, 0.2) is 34.2 Å². The molecule has 0 bridgehead atoms. The van der Waals surface area contributed by atoms with Crippen molar-refractivity contribution in [1.82, 2.24) is 9.97 Å². The number of aromatic nitrogens is 2. The lowest BCUT2D eigenvalue weighted by atomic mass is 10.3. The highest BCUT2D eigenvalue weighted by molar-refractivity contribution is 7.99. The molecule has 0 spiro atoms. The molecule has 2 aromatic rings. The summed E-state index contributed by atoms with van der Waals surface area (Å²) in [5, 5.41) is 11.3. The molecule has 0 unspecified atom stereocenters. The van der Waals surface area contributed by atoms with Crippen molar-refractivity contribution < 1.29 is 9.66 Å². The predicted molar refractivity (Wildman–Crippen MR) is 75.0 cm³/mol. The zero-order chi connectivity index (χ0) is 14.7. The molecule has 0 saturated heterocycles. The summed E-state index contributed by atoms with van der Waals surface area (Å²) in [6, 6.07) is 7.12. The second-order valence-corrected chi connectivity index (χ2v) is 4.92. The molecule has 1 aromatic carbocycles. The number of methoxy groups -OCH3 is 1. The van der Waals surface area contributed by atoms with E-state index in [0.717, 1.165) is 16.7 Å². The molecule has 0 aliphatic rings. The summed E-state index contributed by atoms with van der Waals surface area (Å²) in [6.45, 7) is 1.54. The maximum atomic E-state index is 11.1. The van der Waals surface area contributed by atoms with E-state index < -0.39 is 4.92 Å². The van der Waals surface area contributed by atoms with Crippen LogP contribution in [-0.2, 0) is 0 Å². The fourth-order valence-electron chi connectivity index (χ4n) is 1.60. The molecule has 8 heteroatoms. The number of nitro groups is 1. The van der Waals surface area contributed by atoms with Crippen molar-refractivity contribution in [2.75, 3.05) is 12.8 Å². The first kappa shape index (κ1) is 14.1. The first-order valence-corrected chi connectivity index (χ1v) is 6.43. The quantitative estimate of drug-likeness (QED) is 0.524. The van der Waals surface area contributed by atoms with Crippen LogP contribution in [0.3, 0.4) is 0 Å². The SMILES string of the molecule is COc1ccc(Sc2nc(N)nc(C)c2[N+](=O)[O-])cc1. The van der Waals surface area contributed by atoms with Gasteiger partial charge in [-0.25, -0.2) is 4.98 Å². The molecule has 2 rings (SSSR count). The maximum absolute atomic E-state index is 11.1. The topological polar surface area (TPSA) is 104 Å². The minimum Gasteiger partial charge on any atom is -0.497 e. The van der Waals surface area contributed by atoms with Gasteiger partial charge in [0.15, 0.2) is 5.03 Å². The molecule has 0 saturated carbocycles. The van der Waals surface area contributed by atoms with E-state index in [1.54, 1.807) is 31.4 Å². The van der Waals surface area contributed by atoms with E-state index in [2.05, 4.69) is 9.97 Å². The Hall–Kier alpha value is -2.35. The van der Waals surface area contributed by atoms with E-state index in [4.69, 9.17) is 10.5 Å². The van der Waals surface area contributed by atoms with Gasteiger partial charge in [0, 0.05) is 4.90 Å². The fraction of sp³-hybridized carbons (Fsp3) is 0.167. The van der Waals surface area contributed by atoms with Crippen molar-refractivity contribution in [3.63, 3.8) is 0 Å². The summed E-state index contributed by atoms with van der Waals surface area (Å²) >= 11 is 1.16. The normalized spacial score (nSPS) is 10.3. The Morgan fingerprint density at radius 2 is 1.95 bits per heavy atom. The van der Waals surface area contributed by atoms with Crippen LogP contribution < -0.4 is 10.5 Å². The fourth-order valence-corrected chi connectivity index (χ4v) is 2.55. The minimum absolute atomic E-state index is 0.0177. The number of anilines is 1. The summed E-state index contributed by atoms with van der Waals surface area (Å²) in [5.41, 5.74) is 5.67. The van der Waals surface area contributed by atoms with Crippen LogP contribution in [0.1, 0.15) is 5.69 Å². The second kappa shape index (κ2) is 5.74. The van der Waals surface area contributed by atoms with Gasteiger partial charge in [0.2, 0.25) is 5.95 Å². The van der Waals surface area contributed by atoms with Gasteiger partial charge in [0.25, 0.3) is 0 Å². The van der Waals surface area contributed by atoms with E-state index >= 15 is 0 Å². The number of aryl methyl sites for hydroxylation is 1. The average molecular weight is 292 g/mol. The first-order chi connectivity index (χ1) is 9.51. The highest BCUT2D eigenvalue weighted by Crippen LogP contribution is 2.35. The molecule has 0 amide bonds. The molecule has 0 fully saturated rings. The molecule has 2 N–H and O–H groups in total. The average Bonchev–Trinajstić information content (AvgIpc) is 2.38. The van der Waals surface area contributed by atoms with Crippen molar-refractivity contribution in [1.29, 1.82) is 0 Å². The molecule has 20 heavy (non-hydrogen) atoms. The molecule has 1 aromatic heterocycles. The molecule has 0 radical (unpaired) electrons. The van der Waals surface area contributed by atoms with Crippen molar-refractivity contribution in [2.45, 2.75) is 16.8 Å². The number of benzene rings is 1. The summed E-state index contributed by atoms with van der Waals surface area (Å²) in [7, 11) is 1.57. The number of hydrogen-bond donors (Lipinski definition) is 1. The molecule has 0 atom stereocenters. The Morgan fingerprint density at radius 1 is 1.30 bits per heavy atom. The highest BCUT2D eigenvalue weighted by atomic mass is 32.2. The van der Waals surface area contributed by atoms with Crippen LogP contribution in [0.2, 0.25) is 0 Å². The molecule has 0 aliphatic heterocycles. The molecule has 0 aliphatic carbocycles. The van der Waals surface area contributed by atoms with Gasteiger partial charge >= 0.3 is 5.69 Å². The van der Waals surface area contributed by atoms with E-state index in [0.29, 0.717) is 5.75 Å². The van der Waals surface area contributed by atoms with Crippen LogP contribution in [0.5, 0.6) is 5.75 Å². The smallest absolute Gasteiger partial charge is 0.322 e. The zero-order valence-electron chi connectivity index (χ0n) is 10.9. The third-order valence-corrected chi connectivity index (χ3v) is 3.49. The zero-order valence-corrected chi connectivity index (χ0v) is 11.7. The Bertz CT molecular complexity index is 646. The van der Waals surface area contributed by atoms with Gasteiger partial charge in [-0.1, -0.05) is 11.8 Å². The second-order valence-electron chi connectivity index (χ2n) is 3.86. The Kier molecular flexibility index (Phi) is 4.04. The molecule has 104 valence electrons. The van der Waals surface area contributed by atoms with Crippen molar-refractivity contribution in [2.24, 2.45) is 0 Å². The number of nitrogen functional groups attached to an aromatic ring is 1. The Morgan fingerprint density at radius 3 is 2.50 bits per heavy atom. The number of ether oxygens (including phenoxy) is 1. The third kappa shape index (κ3) is 2.97. The molecule has 1 heterocycles. The lowest BCUT2D eigenvalue weighted by Gasteiger charge is -2.06. The monoisotopic (exact) mass is 292 g/mol. The summed E-state index contributed by atoms with van der Waals surface area (Å²) < 4.78 is 5.06. The van der Waals surface area contributed by atoms with Crippen LogP contribution >= 0.6 is 11.8 Å². The van der Waals surface area contributed by atoms with Crippen molar-refractivity contribution >= 4 is 23.4 Å². The maximum Gasteiger partial charge on any atom is 0.322 e. The van der Waals surface area contributed by atoms with Gasteiger partial charge in [-0.2, -0.15) is 4.98 Å². The van der Waals surface area contributed by atoms with Gasteiger partial charge < -0.3 is 10.5 Å². The van der Waals surface area contributed by atoms with Crippen LogP contribution in [0, 0.1) is 17.0 Å². The van der Waals surface area contributed by atoms with Gasteiger partial charge in [-0.15, -0.1) is 0 Å². The van der Waals surface area contributed by atoms with Crippen LogP contribution in [0.25, 0.3) is 0 Å². The van der Waals surface area contributed by atoms with Gasteiger partial charge in [0.05, 0.1) is 12.0 Å². The van der Waals surface area contributed by atoms with E-state index in [1.807, 2.05) is 0 Å². The number of rotatable bonds is 4. The van der Waals surface area contributed by atoms with Gasteiger partial charge in [-0.05, 0) is 31.2 Å². The molecular weight excluding hydrogens is 280 g/mol. The minimum atomic E-state index is -0.499. The summed E-state index contributed by atoms with van der Waals surface area (Å²) in [5.74, 6) is 0.728. The molecule has 7 nitrogen and oxygen atoms in total. The summed E-state index contributed by atoms with van der Waals surface area (Å²) in [6.07, 6.45) is 0. The van der Waals surface area contributed by atoms with E-state index in [9.17, 15) is 10.1 Å². The van der Waals surface area contributed by atoms with Crippen molar-refractivity contribution in [3.8, 4) is 5.75 Å². The van der Waals surface area contributed by atoms with E-state index in [-0.39, 0.29) is 22.4 Å². The van der Waals surface area contributed by atoms with E-state index in [1.165, 1.54) is 6.92 Å². The Balaban J connectivity index is 2.39. The largest absolute Gasteiger partial charge is 0.497 e. The van der Waals surface area contributed by atoms with Crippen molar-refractivity contribution in [3.05, 3.63) is 40.1 Å². The first-order valence-electron chi connectivity index (χ1n) is 5.61. The highest BCUT2D eigenvalue weighted by Gasteiger charge is 2.22. The summed E-state index contributed by atoms with van der Waals surface area (Å²) in [4.78, 5) is 19.2. The lowest BCUT2D eigenvalue weighted by Crippen LogP contribution is -2.03. The number of nitrogens with zero attached hydrogens (tertiary/aromatic N) is 3. The predicted octanol–water partition coefficient (Wildman–Crippen LogP) is 2.44. The standard InChI is InChI=1S/C12H12N4O3S/c1-7-10(16(17)18)11(15-12(13)14-7)20-9-5-3-8(19-2)4-6-9/h3-6H,1-2H3,(H2,13,14,15). The Labute approximate surface area is 119 Å². The van der Waals surface area contributed by atoms with Crippen LogP contribution in [-0.4, -0.2) is 22.0 Å². The van der Waals surface area contributed by atoms with Crippen LogP contribution in [0.4, 0.5) is 11.6 Å². The van der Waals surface area contributed by atoms with Gasteiger partial charge in [-0.3, -0.25) is 10.1 Å². The number of nitrogens with two attached hydrogens (primary N) is 1.